The Balaban J connectivity index is 2.56. The summed E-state index contributed by atoms with van der Waals surface area (Å²) in [6, 6.07) is 7.07. The number of phenolic OH excluding ortho intramolecular Hbond substituents is 1. The fourth-order valence-corrected chi connectivity index (χ4v) is 2.28. The third kappa shape index (κ3) is 4.36. The van der Waals surface area contributed by atoms with E-state index in [0.29, 0.717) is 5.56 Å². The zero-order valence-corrected chi connectivity index (χ0v) is 11.6. The van der Waals surface area contributed by atoms with Gasteiger partial charge in [0.1, 0.15) is 5.75 Å². The molecule has 1 N–H and O–H groups in total. The summed E-state index contributed by atoms with van der Waals surface area (Å²) in [5.41, 5.74) is 0.697. The smallest absolute Gasteiger partial charge is 0.159 e. The van der Waals surface area contributed by atoms with Crippen LogP contribution in [-0.4, -0.2) is 33.6 Å². The first-order valence-corrected chi connectivity index (χ1v) is 6.64. The largest absolute Gasteiger partial charge is 0.507 e. The second-order valence-corrected chi connectivity index (χ2v) is 4.75. The van der Waals surface area contributed by atoms with E-state index in [2.05, 4.69) is 23.1 Å². The molecule has 1 aromatic carbocycles. The zero-order valence-electron chi connectivity index (χ0n) is 9.96. The first-order chi connectivity index (χ1) is 8.19. The Morgan fingerprint density at radius 3 is 2.65 bits per heavy atom. The highest BCUT2D eigenvalue weighted by Gasteiger charge is 2.04. The van der Waals surface area contributed by atoms with E-state index in [1.165, 1.54) is 11.9 Å². The first kappa shape index (κ1) is 14.0. The van der Waals surface area contributed by atoms with E-state index in [0.717, 1.165) is 17.4 Å². The van der Waals surface area contributed by atoms with Crippen molar-refractivity contribution in [3.63, 3.8) is 0 Å². The van der Waals surface area contributed by atoms with Crippen molar-refractivity contribution in [1.82, 2.24) is 4.90 Å². The lowest BCUT2D eigenvalue weighted by Gasteiger charge is -2.18. The monoisotopic (exact) mass is 268 g/mol. The molecule has 0 fully saturated rings. The van der Waals surface area contributed by atoms with E-state index in [-0.39, 0.29) is 5.75 Å². The standard InChI is InChI=1S/C12H16N2OS2/c1-3-14(4-2)12(16)17-13-9-10-7-5-6-8-11(10)15/h5-9,15H,3-4H2,1-2H3. The van der Waals surface area contributed by atoms with Gasteiger partial charge in [0, 0.05) is 36.8 Å². The number of hydrogen-bond acceptors (Lipinski definition) is 4. The Morgan fingerprint density at radius 2 is 2.06 bits per heavy atom. The molecule has 0 saturated carbocycles. The SMILES string of the molecule is CCN(CC)C(=S)SN=Cc1ccccc1O. The van der Waals surface area contributed by atoms with Gasteiger partial charge in [0.25, 0.3) is 0 Å². The van der Waals surface area contributed by atoms with Gasteiger partial charge in [-0.1, -0.05) is 24.4 Å². The van der Waals surface area contributed by atoms with Crippen LogP contribution >= 0.6 is 24.2 Å². The maximum Gasteiger partial charge on any atom is 0.159 e. The van der Waals surface area contributed by atoms with Crippen molar-refractivity contribution in [2.24, 2.45) is 4.40 Å². The molecule has 0 aliphatic rings. The summed E-state index contributed by atoms with van der Waals surface area (Å²) in [5.74, 6) is 0.227. The van der Waals surface area contributed by atoms with Crippen LogP contribution < -0.4 is 0 Å². The van der Waals surface area contributed by atoms with Crippen LogP contribution in [0.5, 0.6) is 5.75 Å². The number of phenols is 1. The second kappa shape index (κ2) is 7.29. The summed E-state index contributed by atoms with van der Waals surface area (Å²) < 4.78 is 4.92. The number of para-hydroxylation sites is 1. The Morgan fingerprint density at radius 1 is 1.41 bits per heavy atom. The molecule has 0 aromatic heterocycles. The van der Waals surface area contributed by atoms with Crippen LogP contribution in [0.3, 0.4) is 0 Å². The lowest BCUT2D eigenvalue weighted by Crippen LogP contribution is -2.26. The number of thiocarbonyl (C=S) groups is 1. The van der Waals surface area contributed by atoms with Crippen LogP contribution in [0.2, 0.25) is 0 Å². The summed E-state index contributed by atoms with van der Waals surface area (Å²) in [7, 11) is 0. The topological polar surface area (TPSA) is 35.8 Å². The van der Waals surface area contributed by atoms with Crippen LogP contribution in [0.25, 0.3) is 0 Å². The predicted octanol–water partition coefficient (Wildman–Crippen LogP) is 3.09. The normalized spacial score (nSPS) is 10.7. The molecule has 0 aliphatic carbocycles. The lowest BCUT2D eigenvalue weighted by atomic mass is 10.2. The molecule has 0 saturated heterocycles. The zero-order chi connectivity index (χ0) is 12.7. The molecular formula is C12H16N2OS2. The highest BCUT2D eigenvalue weighted by Crippen LogP contribution is 2.15. The fraction of sp³-hybridized carbons (Fsp3) is 0.333. The van der Waals surface area contributed by atoms with E-state index in [9.17, 15) is 5.11 Å². The highest BCUT2D eigenvalue weighted by atomic mass is 32.2. The maximum atomic E-state index is 9.53. The van der Waals surface area contributed by atoms with E-state index in [4.69, 9.17) is 12.2 Å². The van der Waals surface area contributed by atoms with Crippen molar-refractivity contribution in [1.29, 1.82) is 0 Å². The van der Waals surface area contributed by atoms with Gasteiger partial charge < -0.3 is 10.0 Å². The van der Waals surface area contributed by atoms with Crippen LogP contribution in [0.4, 0.5) is 0 Å². The Labute approximate surface area is 112 Å². The van der Waals surface area contributed by atoms with Gasteiger partial charge in [-0.25, -0.2) is 4.40 Å². The highest BCUT2D eigenvalue weighted by molar-refractivity contribution is 8.22. The minimum atomic E-state index is 0.227. The number of aromatic hydroxyl groups is 1. The molecule has 0 radical (unpaired) electrons. The van der Waals surface area contributed by atoms with Gasteiger partial charge in [-0.2, -0.15) is 0 Å². The average Bonchev–Trinajstić information content (AvgIpc) is 2.33. The van der Waals surface area contributed by atoms with Gasteiger partial charge in [-0.15, -0.1) is 0 Å². The van der Waals surface area contributed by atoms with Gasteiger partial charge in [-0.05, 0) is 26.0 Å². The quantitative estimate of drug-likeness (QED) is 0.517. The lowest BCUT2D eigenvalue weighted by molar-refractivity contribution is 0.474. The number of hydrogen-bond donors (Lipinski definition) is 1. The van der Waals surface area contributed by atoms with Crippen LogP contribution in [0.15, 0.2) is 28.7 Å². The predicted molar refractivity (Wildman–Crippen MR) is 78.8 cm³/mol. The van der Waals surface area contributed by atoms with Crippen molar-refractivity contribution < 1.29 is 5.11 Å². The number of nitrogens with zero attached hydrogens (tertiary/aromatic N) is 2. The Kier molecular flexibility index (Phi) is 6.00. The molecule has 17 heavy (non-hydrogen) atoms. The number of rotatable bonds is 4. The summed E-state index contributed by atoms with van der Waals surface area (Å²) in [6.45, 7) is 5.88. The van der Waals surface area contributed by atoms with Crippen molar-refractivity contribution in [3.8, 4) is 5.75 Å². The van der Waals surface area contributed by atoms with E-state index >= 15 is 0 Å². The third-order valence-corrected chi connectivity index (χ3v) is 3.39. The summed E-state index contributed by atoms with van der Waals surface area (Å²) >= 11 is 6.49. The van der Waals surface area contributed by atoms with Crippen molar-refractivity contribution in [2.75, 3.05) is 13.1 Å². The maximum absolute atomic E-state index is 9.53. The van der Waals surface area contributed by atoms with Gasteiger partial charge in [-0.3, -0.25) is 0 Å². The molecule has 3 nitrogen and oxygen atoms in total. The van der Waals surface area contributed by atoms with Crippen molar-refractivity contribution in [2.45, 2.75) is 13.8 Å². The molecule has 5 heteroatoms. The van der Waals surface area contributed by atoms with E-state index in [1.54, 1.807) is 24.4 Å². The Hall–Kier alpha value is -1.07. The Bertz CT molecular complexity index is 403. The van der Waals surface area contributed by atoms with Gasteiger partial charge in [0.05, 0.1) is 0 Å². The van der Waals surface area contributed by atoms with Gasteiger partial charge in [0.2, 0.25) is 0 Å². The third-order valence-electron chi connectivity index (χ3n) is 2.28. The van der Waals surface area contributed by atoms with E-state index < -0.39 is 0 Å². The van der Waals surface area contributed by atoms with Crippen LogP contribution in [-0.2, 0) is 0 Å². The fourth-order valence-electron chi connectivity index (χ4n) is 1.26. The molecule has 0 unspecified atom stereocenters. The molecule has 0 atom stereocenters. The second-order valence-electron chi connectivity index (χ2n) is 3.32. The van der Waals surface area contributed by atoms with Crippen molar-refractivity contribution >= 4 is 34.7 Å². The van der Waals surface area contributed by atoms with Crippen LogP contribution in [0.1, 0.15) is 19.4 Å². The molecule has 0 bridgehead atoms. The molecule has 0 aliphatic heterocycles. The van der Waals surface area contributed by atoms with E-state index in [1.807, 2.05) is 6.07 Å². The minimum Gasteiger partial charge on any atom is -0.507 e. The van der Waals surface area contributed by atoms with Gasteiger partial charge in [0.15, 0.2) is 4.32 Å². The summed E-state index contributed by atoms with van der Waals surface area (Å²) in [5, 5.41) is 9.53. The molecule has 0 amide bonds. The molecule has 1 aromatic rings. The van der Waals surface area contributed by atoms with Gasteiger partial charge >= 0.3 is 0 Å². The molecule has 0 heterocycles. The first-order valence-electron chi connectivity index (χ1n) is 5.46. The van der Waals surface area contributed by atoms with Crippen molar-refractivity contribution in [3.05, 3.63) is 29.8 Å². The van der Waals surface area contributed by atoms with Crippen LogP contribution in [0, 0.1) is 0 Å². The average molecular weight is 268 g/mol. The molecule has 92 valence electrons. The minimum absolute atomic E-state index is 0.227. The summed E-state index contributed by atoms with van der Waals surface area (Å²) in [6.07, 6.45) is 1.62. The molecule has 0 spiro atoms. The number of benzene rings is 1. The summed E-state index contributed by atoms with van der Waals surface area (Å²) in [4.78, 5) is 2.06. The molecular weight excluding hydrogens is 252 g/mol. The molecule has 1 rings (SSSR count).